The molecule has 5 nitrogen and oxygen atoms in total. The lowest BCUT2D eigenvalue weighted by molar-refractivity contribution is -0.133. The van der Waals surface area contributed by atoms with E-state index in [1.54, 1.807) is 0 Å². The minimum atomic E-state index is -0.729. The molecular formula is C11H12ClNO4. The van der Waals surface area contributed by atoms with Gasteiger partial charge >= 0.3 is 0 Å². The van der Waals surface area contributed by atoms with Gasteiger partial charge < -0.3 is 14.8 Å². The van der Waals surface area contributed by atoms with Crippen LogP contribution < -0.4 is 14.8 Å². The third-order valence-electron chi connectivity index (χ3n) is 2.04. The number of benzene rings is 1. The summed E-state index contributed by atoms with van der Waals surface area (Å²) in [5.74, 6) is -0.592. The number of hydrogen-bond acceptors (Lipinski definition) is 4. The van der Waals surface area contributed by atoms with E-state index < -0.39 is 11.7 Å². The van der Waals surface area contributed by atoms with E-state index >= 15 is 0 Å². The van der Waals surface area contributed by atoms with Crippen LogP contribution in [0.1, 0.15) is 6.92 Å². The molecule has 1 amide bonds. The molecule has 17 heavy (non-hydrogen) atoms. The average molecular weight is 258 g/mol. The predicted molar refractivity (Wildman–Crippen MR) is 63.9 cm³/mol. The number of halogens is 1. The smallest absolute Gasteiger partial charge is 0.291 e. The van der Waals surface area contributed by atoms with E-state index in [-0.39, 0.29) is 0 Å². The Kier molecular flexibility index (Phi) is 4.34. The number of amides is 1. The Labute approximate surface area is 104 Å². The van der Waals surface area contributed by atoms with Crippen LogP contribution in [0, 0.1) is 0 Å². The van der Waals surface area contributed by atoms with Crippen LogP contribution in [0.2, 0.25) is 5.02 Å². The lowest BCUT2D eigenvalue weighted by Gasteiger charge is -2.12. The molecule has 0 saturated heterocycles. The van der Waals surface area contributed by atoms with Gasteiger partial charge in [-0.3, -0.25) is 9.59 Å². The van der Waals surface area contributed by atoms with Gasteiger partial charge in [0.15, 0.2) is 0 Å². The van der Waals surface area contributed by atoms with Crippen molar-refractivity contribution in [2.45, 2.75) is 6.92 Å². The highest BCUT2D eigenvalue weighted by atomic mass is 35.5. The first-order valence-electron chi connectivity index (χ1n) is 4.73. The molecule has 0 bridgehead atoms. The van der Waals surface area contributed by atoms with Gasteiger partial charge in [-0.05, 0) is 0 Å². The summed E-state index contributed by atoms with van der Waals surface area (Å²) in [6, 6.07) is 2.98. The van der Waals surface area contributed by atoms with Crippen molar-refractivity contribution in [3.8, 4) is 11.5 Å². The summed E-state index contributed by atoms with van der Waals surface area (Å²) < 4.78 is 10.0. The third kappa shape index (κ3) is 3.10. The molecule has 0 unspecified atom stereocenters. The molecule has 1 aromatic carbocycles. The number of carbonyl (C=O) groups is 2. The zero-order valence-corrected chi connectivity index (χ0v) is 10.4. The Bertz CT molecular complexity index is 459. The van der Waals surface area contributed by atoms with E-state index in [0.717, 1.165) is 0 Å². The van der Waals surface area contributed by atoms with Gasteiger partial charge in [0.1, 0.15) is 11.5 Å². The molecule has 0 aromatic heterocycles. The van der Waals surface area contributed by atoms with Crippen LogP contribution in [0.5, 0.6) is 11.5 Å². The molecule has 1 rings (SSSR count). The zero-order valence-electron chi connectivity index (χ0n) is 9.67. The first-order chi connectivity index (χ1) is 7.99. The summed E-state index contributed by atoms with van der Waals surface area (Å²) in [5, 5.41) is 2.76. The summed E-state index contributed by atoms with van der Waals surface area (Å²) in [7, 11) is 2.88. The molecule has 0 aliphatic heterocycles. The van der Waals surface area contributed by atoms with Gasteiger partial charge in [-0.1, -0.05) is 11.6 Å². The van der Waals surface area contributed by atoms with Crippen molar-refractivity contribution in [1.29, 1.82) is 0 Å². The van der Waals surface area contributed by atoms with Crippen LogP contribution in [0.25, 0.3) is 0 Å². The summed E-state index contributed by atoms with van der Waals surface area (Å²) in [4.78, 5) is 22.1. The molecule has 0 radical (unpaired) electrons. The number of anilines is 1. The van der Waals surface area contributed by atoms with Crippen LogP contribution in [0.3, 0.4) is 0 Å². The van der Waals surface area contributed by atoms with Crippen molar-refractivity contribution in [2.75, 3.05) is 19.5 Å². The van der Waals surface area contributed by atoms with E-state index in [4.69, 9.17) is 21.1 Å². The molecule has 1 N–H and O–H groups in total. The molecule has 1 aromatic rings. The average Bonchev–Trinajstić information content (AvgIpc) is 2.30. The molecule has 0 saturated carbocycles. The van der Waals surface area contributed by atoms with Crippen LogP contribution >= 0.6 is 11.6 Å². The second-order valence-corrected chi connectivity index (χ2v) is 3.60. The number of rotatable bonds is 4. The topological polar surface area (TPSA) is 64.6 Å². The second kappa shape index (κ2) is 5.54. The van der Waals surface area contributed by atoms with Crippen molar-refractivity contribution in [2.24, 2.45) is 0 Å². The van der Waals surface area contributed by atoms with Gasteiger partial charge in [0, 0.05) is 19.1 Å². The number of nitrogens with one attached hydrogen (secondary N) is 1. The van der Waals surface area contributed by atoms with Gasteiger partial charge in [0.05, 0.1) is 24.9 Å². The molecule has 0 fully saturated rings. The van der Waals surface area contributed by atoms with Crippen molar-refractivity contribution in [3.63, 3.8) is 0 Å². The molecule has 0 aliphatic rings. The molecule has 92 valence electrons. The Morgan fingerprint density at radius 1 is 1.18 bits per heavy atom. The van der Waals surface area contributed by atoms with Gasteiger partial charge in [-0.15, -0.1) is 0 Å². The largest absolute Gasteiger partial charge is 0.495 e. The van der Waals surface area contributed by atoms with Crippen molar-refractivity contribution >= 4 is 29.0 Å². The summed E-state index contributed by atoms with van der Waals surface area (Å²) in [6.45, 7) is 1.18. The predicted octanol–water partition coefficient (Wildman–Crippen LogP) is 1.88. The first-order valence-corrected chi connectivity index (χ1v) is 5.10. The highest BCUT2D eigenvalue weighted by molar-refractivity contribution is 6.40. The van der Waals surface area contributed by atoms with Crippen LogP contribution in [0.4, 0.5) is 5.69 Å². The van der Waals surface area contributed by atoms with Gasteiger partial charge in [-0.25, -0.2) is 0 Å². The van der Waals surface area contributed by atoms with Crippen molar-refractivity contribution < 1.29 is 19.1 Å². The maximum Gasteiger partial charge on any atom is 0.291 e. The van der Waals surface area contributed by atoms with E-state index in [9.17, 15) is 9.59 Å². The van der Waals surface area contributed by atoms with Gasteiger partial charge in [0.25, 0.3) is 5.91 Å². The number of methoxy groups -OCH3 is 2. The highest BCUT2D eigenvalue weighted by Gasteiger charge is 2.14. The number of ketones is 1. The Balaban J connectivity index is 3.12. The fraction of sp³-hybridized carbons (Fsp3) is 0.273. The maximum absolute atomic E-state index is 11.3. The van der Waals surface area contributed by atoms with Crippen LogP contribution in [-0.2, 0) is 9.59 Å². The number of hydrogen-bond donors (Lipinski definition) is 1. The van der Waals surface area contributed by atoms with E-state index in [1.807, 2.05) is 0 Å². The van der Waals surface area contributed by atoms with Gasteiger partial charge in [0.2, 0.25) is 5.78 Å². The molecule has 0 spiro atoms. The summed E-state index contributed by atoms with van der Waals surface area (Å²) in [6.07, 6.45) is 0. The van der Waals surface area contributed by atoms with Crippen molar-refractivity contribution in [3.05, 3.63) is 17.2 Å². The normalized spacial score (nSPS) is 9.65. The van der Waals surface area contributed by atoms with Crippen LogP contribution in [0.15, 0.2) is 12.1 Å². The standard InChI is InChI=1S/C11H12ClNO4/c1-6(14)11(15)13-8-5-9(16-2)7(12)4-10(8)17-3/h4-5H,1-3H3,(H,13,15). The quantitative estimate of drug-likeness (QED) is 0.837. The Morgan fingerprint density at radius 3 is 2.24 bits per heavy atom. The molecule has 0 atom stereocenters. The molecule has 0 aliphatic carbocycles. The summed E-state index contributed by atoms with van der Waals surface area (Å²) >= 11 is 5.89. The monoisotopic (exact) mass is 257 g/mol. The molecule has 0 heterocycles. The Morgan fingerprint density at radius 2 is 1.76 bits per heavy atom. The fourth-order valence-electron chi connectivity index (χ4n) is 1.17. The lowest BCUT2D eigenvalue weighted by Crippen LogP contribution is -2.20. The minimum Gasteiger partial charge on any atom is -0.495 e. The lowest BCUT2D eigenvalue weighted by atomic mass is 10.2. The van der Waals surface area contributed by atoms with Crippen molar-refractivity contribution in [1.82, 2.24) is 0 Å². The second-order valence-electron chi connectivity index (χ2n) is 3.20. The van der Waals surface area contributed by atoms with E-state index in [0.29, 0.717) is 22.2 Å². The Hall–Kier alpha value is -1.75. The zero-order chi connectivity index (χ0) is 13.0. The third-order valence-corrected chi connectivity index (χ3v) is 2.34. The maximum atomic E-state index is 11.3. The highest BCUT2D eigenvalue weighted by Crippen LogP contribution is 2.35. The van der Waals surface area contributed by atoms with Crippen LogP contribution in [-0.4, -0.2) is 25.9 Å². The fourth-order valence-corrected chi connectivity index (χ4v) is 1.40. The van der Waals surface area contributed by atoms with E-state index in [2.05, 4.69) is 5.32 Å². The van der Waals surface area contributed by atoms with E-state index in [1.165, 1.54) is 33.3 Å². The summed E-state index contributed by atoms with van der Waals surface area (Å²) in [5.41, 5.74) is 0.328. The number of carbonyl (C=O) groups excluding carboxylic acids is 2. The first kappa shape index (κ1) is 13.3. The number of Topliss-reactive ketones (excluding diaryl/α,β-unsaturated/α-hetero) is 1. The molecular weight excluding hydrogens is 246 g/mol. The number of ether oxygens (including phenoxy) is 2. The SMILES string of the molecule is COc1cc(NC(=O)C(C)=O)c(OC)cc1Cl. The molecule has 6 heteroatoms. The van der Waals surface area contributed by atoms with Gasteiger partial charge in [-0.2, -0.15) is 0 Å². The minimum absolute atomic E-state index is 0.328.